The molecule has 0 saturated carbocycles. The van der Waals surface area contributed by atoms with Crippen LogP contribution in [0.15, 0.2) is 42.5 Å². The summed E-state index contributed by atoms with van der Waals surface area (Å²) >= 11 is 0. The van der Waals surface area contributed by atoms with E-state index in [9.17, 15) is 0 Å². The van der Waals surface area contributed by atoms with Crippen LogP contribution in [0.3, 0.4) is 0 Å². The maximum Gasteiger partial charge on any atom is 0.113 e. The number of benzene rings is 2. The molecule has 4 rings (SSSR count). The molecule has 0 bridgehead atoms. The summed E-state index contributed by atoms with van der Waals surface area (Å²) in [7, 11) is 1.93. The second kappa shape index (κ2) is 6.94. The van der Waals surface area contributed by atoms with Gasteiger partial charge in [0.15, 0.2) is 0 Å². The number of piperazine rings is 1. The molecule has 5 nitrogen and oxygen atoms in total. The molecule has 0 spiro atoms. The van der Waals surface area contributed by atoms with Gasteiger partial charge in [0, 0.05) is 39.3 Å². The lowest BCUT2D eigenvalue weighted by molar-refractivity contribution is 0.154. The third kappa shape index (κ3) is 3.30. The molecule has 25 heavy (non-hydrogen) atoms. The summed E-state index contributed by atoms with van der Waals surface area (Å²) < 4.78 is 1.82. The maximum absolute atomic E-state index is 4.25. The summed E-state index contributed by atoms with van der Waals surface area (Å²) in [5.74, 6) is 0. The molecule has 1 atom stereocenters. The Hall–Kier alpha value is -2.24. The summed E-state index contributed by atoms with van der Waals surface area (Å²) in [6, 6.07) is 16.0. The van der Waals surface area contributed by atoms with Crippen LogP contribution >= 0.6 is 0 Å². The van der Waals surface area contributed by atoms with E-state index in [4.69, 9.17) is 0 Å². The highest BCUT2D eigenvalue weighted by Crippen LogP contribution is 2.25. The lowest BCUT2D eigenvalue weighted by Gasteiger charge is -2.36. The number of rotatable bonds is 4. The highest BCUT2D eigenvalue weighted by atomic mass is 15.4. The van der Waals surface area contributed by atoms with Crippen molar-refractivity contribution in [2.45, 2.75) is 25.9 Å². The van der Waals surface area contributed by atoms with Crippen LogP contribution in [0.25, 0.3) is 11.0 Å². The number of hydrogen-bond donors (Lipinski definition) is 1. The standard InChI is InChI=1S/C20H25N5/c1-3-15-4-7-17(8-5-15)20-13-21-10-11-25(20)14-16-6-9-19-18(12-16)22-23-24(19)2/h4-9,12,20-21H,3,10-11,13-14H2,1-2H3. The first-order chi connectivity index (χ1) is 12.2. The van der Waals surface area contributed by atoms with Crippen molar-refractivity contribution in [3.8, 4) is 0 Å². The number of fused-ring (bicyclic) bond motifs is 1. The quantitative estimate of drug-likeness (QED) is 0.796. The van der Waals surface area contributed by atoms with Crippen LogP contribution < -0.4 is 5.32 Å². The molecule has 0 amide bonds. The van der Waals surface area contributed by atoms with E-state index in [1.165, 1.54) is 16.7 Å². The van der Waals surface area contributed by atoms with Crippen LogP contribution in [-0.4, -0.2) is 39.5 Å². The Labute approximate surface area is 148 Å². The highest BCUT2D eigenvalue weighted by Gasteiger charge is 2.23. The van der Waals surface area contributed by atoms with Crippen LogP contribution in [0, 0.1) is 0 Å². The van der Waals surface area contributed by atoms with Crippen molar-refractivity contribution in [1.82, 2.24) is 25.2 Å². The molecule has 1 saturated heterocycles. The van der Waals surface area contributed by atoms with Crippen LogP contribution in [0.5, 0.6) is 0 Å². The third-order valence-electron chi connectivity index (χ3n) is 5.19. The van der Waals surface area contributed by atoms with E-state index in [0.717, 1.165) is 43.6 Å². The first kappa shape index (κ1) is 16.2. The van der Waals surface area contributed by atoms with Crippen molar-refractivity contribution >= 4 is 11.0 Å². The molecule has 130 valence electrons. The van der Waals surface area contributed by atoms with E-state index in [0.29, 0.717) is 6.04 Å². The lowest BCUT2D eigenvalue weighted by atomic mass is 10.00. The molecular weight excluding hydrogens is 310 g/mol. The summed E-state index contributed by atoms with van der Waals surface area (Å²) in [6.07, 6.45) is 1.09. The SMILES string of the molecule is CCc1ccc(C2CNCCN2Cc2ccc3c(c2)nnn3C)cc1. The minimum atomic E-state index is 0.414. The van der Waals surface area contributed by atoms with Crippen molar-refractivity contribution in [3.63, 3.8) is 0 Å². The van der Waals surface area contributed by atoms with E-state index in [1.54, 1.807) is 0 Å². The largest absolute Gasteiger partial charge is 0.314 e. The van der Waals surface area contributed by atoms with Crippen molar-refractivity contribution in [2.24, 2.45) is 7.05 Å². The number of hydrogen-bond acceptors (Lipinski definition) is 4. The van der Waals surface area contributed by atoms with E-state index < -0.39 is 0 Å². The smallest absolute Gasteiger partial charge is 0.113 e. The molecule has 0 aliphatic carbocycles. The van der Waals surface area contributed by atoms with Gasteiger partial charge in [-0.3, -0.25) is 4.90 Å². The van der Waals surface area contributed by atoms with Crippen LogP contribution in [0.1, 0.15) is 29.7 Å². The first-order valence-corrected chi connectivity index (χ1v) is 9.06. The molecule has 1 N–H and O–H groups in total. The number of aromatic nitrogens is 3. The molecule has 2 aromatic carbocycles. The van der Waals surface area contributed by atoms with Crippen molar-refractivity contribution in [1.29, 1.82) is 0 Å². The Morgan fingerprint density at radius 2 is 1.92 bits per heavy atom. The fourth-order valence-corrected chi connectivity index (χ4v) is 3.66. The molecule has 1 aromatic heterocycles. The predicted molar refractivity (Wildman–Crippen MR) is 100 cm³/mol. The molecule has 5 heteroatoms. The fourth-order valence-electron chi connectivity index (χ4n) is 3.66. The molecule has 1 aliphatic rings. The fraction of sp³-hybridized carbons (Fsp3) is 0.400. The summed E-state index contributed by atoms with van der Waals surface area (Å²) in [4.78, 5) is 2.56. The summed E-state index contributed by atoms with van der Waals surface area (Å²) in [5.41, 5.74) is 6.14. The predicted octanol–water partition coefficient (Wildman–Crippen LogP) is 2.68. The van der Waals surface area contributed by atoms with Gasteiger partial charge in [-0.2, -0.15) is 0 Å². The van der Waals surface area contributed by atoms with Crippen molar-refractivity contribution in [3.05, 3.63) is 59.2 Å². The minimum Gasteiger partial charge on any atom is -0.314 e. The van der Waals surface area contributed by atoms with E-state index in [2.05, 4.69) is 69.9 Å². The van der Waals surface area contributed by atoms with Crippen molar-refractivity contribution < 1.29 is 0 Å². The van der Waals surface area contributed by atoms with Gasteiger partial charge in [0.25, 0.3) is 0 Å². The van der Waals surface area contributed by atoms with Crippen LogP contribution in [-0.2, 0) is 20.0 Å². The van der Waals surface area contributed by atoms with E-state index >= 15 is 0 Å². The molecule has 1 unspecified atom stereocenters. The normalized spacial score (nSPS) is 18.7. The lowest BCUT2D eigenvalue weighted by Crippen LogP contribution is -2.45. The zero-order valence-electron chi connectivity index (χ0n) is 14.9. The molecule has 1 fully saturated rings. The minimum absolute atomic E-state index is 0.414. The average Bonchev–Trinajstić information content (AvgIpc) is 3.03. The van der Waals surface area contributed by atoms with Gasteiger partial charge in [0.1, 0.15) is 5.52 Å². The van der Waals surface area contributed by atoms with Gasteiger partial charge in [-0.15, -0.1) is 5.10 Å². The van der Waals surface area contributed by atoms with Gasteiger partial charge < -0.3 is 5.32 Å². The van der Waals surface area contributed by atoms with Gasteiger partial charge in [-0.1, -0.05) is 42.5 Å². The van der Waals surface area contributed by atoms with Gasteiger partial charge in [-0.05, 0) is 35.2 Å². The number of nitrogens with one attached hydrogen (secondary N) is 1. The van der Waals surface area contributed by atoms with E-state index in [1.807, 2.05) is 11.7 Å². The van der Waals surface area contributed by atoms with Crippen molar-refractivity contribution in [2.75, 3.05) is 19.6 Å². The van der Waals surface area contributed by atoms with Gasteiger partial charge >= 0.3 is 0 Å². The highest BCUT2D eigenvalue weighted by molar-refractivity contribution is 5.74. The summed E-state index contributed by atoms with van der Waals surface area (Å²) in [5, 5.41) is 11.9. The topological polar surface area (TPSA) is 46.0 Å². The second-order valence-electron chi connectivity index (χ2n) is 6.82. The zero-order valence-corrected chi connectivity index (χ0v) is 14.9. The van der Waals surface area contributed by atoms with Crippen LogP contribution in [0.2, 0.25) is 0 Å². The van der Waals surface area contributed by atoms with Gasteiger partial charge in [-0.25, -0.2) is 4.68 Å². The van der Waals surface area contributed by atoms with E-state index in [-0.39, 0.29) is 0 Å². The van der Waals surface area contributed by atoms with Gasteiger partial charge in [0.2, 0.25) is 0 Å². The molecule has 0 radical (unpaired) electrons. The number of nitrogens with zero attached hydrogens (tertiary/aromatic N) is 4. The Morgan fingerprint density at radius 1 is 1.12 bits per heavy atom. The third-order valence-corrected chi connectivity index (χ3v) is 5.19. The monoisotopic (exact) mass is 335 g/mol. The van der Waals surface area contributed by atoms with Gasteiger partial charge in [0.05, 0.1) is 5.52 Å². The summed E-state index contributed by atoms with van der Waals surface area (Å²) in [6.45, 7) is 6.23. The zero-order chi connectivity index (χ0) is 17.2. The molecule has 3 aromatic rings. The Morgan fingerprint density at radius 3 is 2.72 bits per heavy atom. The van der Waals surface area contributed by atoms with Crippen LogP contribution in [0.4, 0.5) is 0 Å². The Kier molecular flexibility index (Phi) is 4.51. The number of aryl methyl sites for hydroxylation is 2. The Bertz CT molecular complexity index is 852. The molecular formula is C20H25N5. The molecule has 1 aliphatic heterocycles. The second-order valence-corrected chi connectivity index (χ2v) is 6.82. The Balaban J connectivity index is 1.57. The molecule has 2 heterocycles. The maximum atomic E-state index is 4.25. The first-order valence-electron chi connectivity index (χ1n) is 9.06. The average molecular weight is 335 g/mol.